The third-order valence-electron chi connectivity index (χ3n) is 2.38. The number of anilines is 1. The average molecular weight is 250 g/mol. The highest BCUT2D eigenvalue weighted by molar-refractivity contribution is 5.92. The minimum absolute atomic E-state index is 0.0878. The van der Waals surface area contributed by atoms with Crippen LogP contribution < -0.4 is 15.8 Å². The molecule has 0 saturated carbocycles. The lowest BCUT2D eigenvalue weighted by atomic mass is 10.2. The molecule has 0 saturated heterocycles. The summed E-state index contributed by atoms with van der Waals surface area (Å²) in [5.74, 6) is 0.630. The lowest BCUT2D eigenvalue weighted by Gasteiger charge is -2.13. The van der Waals surface area contributed by atoms with Gasteiger partial charge in [-0.05, 0) is 38.0 Å². The van der Waals surface area contributed by atoms with Gasteiger partial charge in [-0.2, -0.15) is 0 Å². The van der Waals surface area contributed by atoms with E-state index in [4.69, 9.17) is 10.5 Å². The second-order valence-electron chi connectivity index (χ2n) is 4.58. The molecule has 0 aromatic heterocycles. The molecule has 0 aliphatic carbocycles. The van der Waals surface area contributed by atoms with Gasteiger partial charge in [-0.1, -0.05) is 13.0 Å². The topological polar surface area (TPSA) is 64.3 Å². The summed E-state index contributed by atoms with van der Waals surface area (Å²) < 4.78 is 5.63. The van der Waals surface area contributed by atoms with Gasteiger partial charge in [0.2, 0.25) is 5.91 Å². The van der Waals surface area contributed by atoms with E-state index in [1.165, 1.54) is 0 Å². The van der Waals surface area contributed by atoms with Gasteiger partial charge in [-0.15, -0.1) is 0 Å². The summed E-state index contributed by atoms with van der Waals surface area (Å²) in [4.78, 5) is 11.7. The van der Waals surface area contributed by atoms with Crippen LogP contribution in [0.1, 0.15) is 32.3 Å². The van der Waals surface area contributed by atoms with Crippen molar-refractivity contribution in [3.05, 3.63) is 23.8 Å². The molecule has 0 fully saturated rings. The van der Waals surface area contributed by atoms with Crippen molar-refractivity contribution in [2.24, 2.45) is 5.73 Å². The number of nitrogens with two attached hydrogens (primary N) is 1. The van der Waals surface area contributed by atoms with Crippen LogP contribution in [0.5, 0.6) is 5.75 Å². The van der Waals surface area contributed by atoms with Gasteiger partial charge in [0.15, 0.2) is 0 Å². The lowest BCUT2D eigenvalue weighted by molar-refractivity contribution is -0.116. The predicted molar refractivity (Wildman–Crippen MR) is 73.9 cm³/mol. The first kappa shape index (κ1) is 14.5. The summed E-state index contributed by atoms with van der Waals surface area (Å²) >= 11 is 0. The second kappa shape index (κ2) is 7.01. The monoisotopic (exact) mass is 250 g/mol. The molecule has 1 amide bonds. The Morgan fingerprint density at radius 2 is 2.22 bits per heavy atom. The van der Waals surface area contributed by atoms with Gasteiger partial charge in [0, 0.05) is 12.5 Å². The number of benzene rings is 1. The molecule has 0 aliphatic rings. The number of ether oxygens (including phenoxy) is 1. The predicted octanol–water partition coefficient (Wildman–Crippen LogP) is 2.46. The van der Waals surface area contributed by atoms with Gasteiger partial charge in [0.25, 0.3) is 0 Å². The molecular weight excluding hydrogens is 228 g/mol. The van der Waals surface area contributed by atoms with E-state index in [1.807, 2.05) is 39.0 Å². The van der Waals surface area contributed by atoms with Gasteiger partial charge in [0.1, 0.15) is 5.75 Å². The fourth-order valence-electron chi connectivity index (χ4n) is 1.56. The number of carbonyl (C=O) groups is 1. The zero-order valence-corrected chi connectivity index (χ0v) is 11.3. The smallest absolute Gasteiger partial charge is 0.226 e. The molecule has 3 N–H and O–H groups in total. The average Bonchev–Trinajstić information content (AvgIpc) is 2.28. The number of hydrogen-bond acceptors (Lipinski definition) is 3. The van der Waals surface area contributed by atoms with Gasteiger partial charge in [0.05, 0.1) is 12.3 Å². The first-order valence-corrected chi connectivity index (χ1v) is 6.31. The zero-order chi connectivity index (χ0) is 13.5. The molecule has 1 unspecified atom stereocenters. The van der Waals surface area contributed by atoms with E-state index in [-0.39, 0.29) is 11.9 Å². The van der Waals surface area contributed by atoms with E-state index < -0.39 is 0 Å². The number of hydrogen-bond donors (Lipinski definition) is 2. The molecule has 0 bridgehead atoms. The molecule has 1 aromatic rings. The third-order valence-corrected chi connectivity index (χ3v) is 2.38. The van der Waals surface area contributed by atoms with E-state index in [0.29, 0.717) is 18.7 Å². The standard InChI is InChI=1S/C14H22N2O2/c1-4-7-18-13-8-10(2)5-6-12(13)16-14(17)9-11(3)15/h5-6,8,11H,4,7,9,15H2,1-3H3,(H,16,17). The molecule has 4 nitrogen and oxygen atoms in total. The number of rotatable bonds is 6. The zero-order valence-electron chi connectivity index (χ0n) is 11.3. The second-order valence-corrected chi connectivity index (χ2v) is 4.58. The molecular formula is C14H22N2O2. The number of aryl methyl sites for hydroxylation is 1. The van der Waals surface area contributed by atoms with Crippen molar-refractivity contribution in [1.29, 1.82) is 0 Å². The summed E-state index contributed by atoms with van der Waals surface area (Å²) in [7, 11) is 0. The summed E-state index contributed by atoms with van der Waals surface area (Å²) in [6.07, 6.45) is 1.24. The Labute approximate surface area is 109 Å². The van der Waals surface area contributed by atoms with Crippen LogP contribution in [0.3, 0.4) is 0 Å². The van der Waals surface area contributed by atoms with E-state index in [1.54, 1.807) is 0 Å². The van der Waals surface area contributed by atoms with Gasteiger partial charge in [-0.3, -0.25) is 4.79 Å². The third kappa shape index (κ3) is 4.75. The summed E-state index contributed by atoms with van der Waals surface area (Å²) in [6, 6.07) is 5.59. The van der Waals surface area contributed by atoms with E-state index >= 15 is 0 Å². The first-order valence-electron chi connectivity index (χ1n) is 6.31. The maximum absolute atomic E-state index is 11.7. The molecule has 18 heavy (non-hydrogen) atoms. The van der Waals surface area contributed by atoms with E-state index in [9.17, 15) is 4.79 Å². The first-order chi connectivity index (χ1) is 8.52. The molecule has 4 heteroatoms. The van der Waals surface area contributed by atoms with Crippen LogP contribution in [-0.2, 0) is 4.79 Å². The fraction of sp³-hybridized carbons (Fsp3) is 0.500. The van der Waals surface area contributed by atoms with Crippen molar-refractivity contribution < 1.29 is 9.53 Å². The molecule has 1 atom stereocenters. The van der Waals surface area contributed by atoms with E-state index in [0.717, 1.165) is 17.7 Å². The molecule has 0 aliphatic heterocycles. The Bertz CT molecular complexity index is 403. The molecule has 0 radical (unpaired) electrons. The maximum atomic E-state index is 11.7. The van der Waals surface area contributed by atoms with Crippen LogP contribution in [0.2, 0.25) is 0 Å². The van der Waals surface area contributed by atoms with Crippen LogP contribution >= 0.6 is 0 Å². The Balaban J connectivity index is 2.77. The molecule has 1 aromatic carbocycles. The minimum Gasteiger partial charge on any atom is -0.491 e. The highest BCUT2D eigenvalue weighted by atomic mass is 16.5. The van der Waals surface area contributed by atoms with Crippen molar-refractivity contribution in [3.63, 3.8) is 0 Å². The summed E-state index contributed by atoms with van der Waals surface area (Å²) in [5, 5.41) is 2.83. The van der Waals surface area contributed by atoms with E-state index in [2.05, 4.69) is 5.32 Å². The summed E-state index contributed by atoms with van der Waals surface area (Å²) in [5.41, 5.74) is 7.41. The van der Waals surface area contributed by atoms with Crippen LogP contribution in [0.4, 0.5) is 5.69 Å². The molecule has 100 valence electrons. The minimum atomic E-state index is -0.143. The normalized spacial score (nSPS) is 12.0. The van der Waals surface area contributed by atoms with Crippen LogP contribution in [-0.4, -0.2) is 18.6 Å². The molecule has 0 heterocycles. The summed E-state index contributed by atoms with van der Waals surface area (Å²) in [6.45, 7) is 6.49. The number of amides is 1. The fourth-order valence-corrected chi connectivity index (χ4v) is 1.56. The Morgan fingerprint density at radius 3 is 2.83 bits per heavy atom. The van der Waals surface area contributed by atoms with Crippen molar-refractivity contribution >= 4 is 11.6 Å². The van der Waals surface area contributed by atoms with Crippen LogP contribution in [0.15, 0.2) is 18.2 Å². The highest BCUT2D eigenvalue weighted by Gasteiger charge is 2.09. The quantitative estimate of drug-likeness (QED) is 0.815. The number of nitrogens with one attached hydrogen (secondary N) is 1. The van der Waals surface area contributed by atoms with Crippen LogP contribution in [0.25, 0.3) is 0 Å². The van der Waals surface area contributed by atoms with Crippen molar-refractivity contribution in [3.8, 4) is 5.75 Å². The largest absolute Gasteiger partial charge is 0.491 e. The lowest BCUT2D eigenvalue weighted by Crippen LogP contribution is -2.24. The SMILES string of the molecule is CCCOc1cc(C)ccc1NC(=O)CC(C)N. The Kier molecular flexibility index (Phi) is 5.65. The van der Waals surface area contributed by atoms with Gasteiger partial charge >= 0.3 is 0 Å². The molecule has 0 spiro atoms. The maximum Gasteiger partial charge on any atom is 0.226 e. The van der Waals surface area contributed by atoms with Crippen molar-refractivity contribution in [1.82, 2.24) is 0 Å². The Hall–Kier alpha value is -1.55. The Morgan fingerprint density at radius 1 is 1.50 bits per heavy atom. The highest BCUT2D eigenvalue weighted by Crippen LogP contribution is 2.26. The van der Waals surface area contributed by atoms with Crippen molar-refractivity contribution in [2.75, 3.05) is 11.9 Å². The van der Waals surface area contributed by atoms with Gasteiger partial charge < -0.3 is 15.8 Å². The van der Waals surface area contributed by atoms with Crippen LogP contribution in [0, 0.1) is 6.92 Å². The van der Waals surface area contributed by atoms with Crippen molar-refractivity contribution in [2.45, 2.75) is 39.7 Å². The molecule has 1 rings (SSSR count). The number of carbonyl (C=O) groups excluding carboxylic acids is 1. The van der Waals surface area contributed by atoms with Gasteiger partial charge in [-0.25, -0.2) is 0 Å².